The molecule has 0 aliphatic heterocycles. The monoisotopic (exact) mass is 503 g/mol. The van der Waals surface area contributed by atoms with Crippen LogP contribution in [0, 0.1) is 11.7 Å². The average Bonchev–Trinajstić information content (AvgIpc) is 3.18. The van der Waals surface area contributed by atoms with Gasteiger partial charge in [-0.1, -0.05) is 6.92 Å². The minimum atomic E-state index is -4.60. The minimum Gasteiger partial charge on any atom is -0.368 e. The smallest absolute Gasteiger partial charge is 0.368 e. The van der Waals surface area contributed by atoms with E-state index in [4.69, 9.17) is 10.5 Å². The summed E-state index contributed by atoms with van der Waals surface area (Å²) in [7, 11) is 0. The first-order valence-electron chi connectivity index (χ1n) is 12.3. The third-order valence-electron chi connectivity index (χ3n) is 8.37. The highest BCUT2D eigenvalue weighted by atomic mass is 19.4. The number of halogens is 4. The van der Waals surface area contributed by atoms with E-state index in [1.807, 2.05) is 6.92 Å². The number of primary amides is 1. The van der Waals surface area contributed by atoms with E-state index in [1.54, 1.807) is 23.0 Å². The number of benzene rings is 2. The fourth-order valence-corrected chi connectivity index (χ4v) is 6.51. The maximum absolute atomic E-state index is 14.3. The van der Waals surface area contributed by atoms with Crippen molar-refractivity contribution < 1.29 is 27.1 Å². The van der Waals surface area contributed by atoms with E-state index in [0.29, 0.717) is 19.3 Å². The highest BCUT2D eigenvalue weighted by molar-refractivity contribution is 5.82. The largest absolute Gasteiger partial charge is 0.417 e. The van der Waals surface area contributed by atoms with Gasteiger partial charge in [-0.15, -0.1) is 0 Å². The summed E-state index contributed by atoms with van der Waals surface area (Å²) < 4.78 is 63.4. The molecule has 1 amide bonds. The molecule has 192 valence electrons. The number of rotatable bonds is 5. The van der Waals surface area contributed by atoms with Crippen LogP contribution in [0.15, 0.2) is 42.6 Å². The van der Waals surface area contributed by atoms with E-state index in [2.05, 4.69) is 17.2 Å². The second-order valence-corrected chi connectivity index (χ2v) is 10.2. The highest BCUT2D eigenvalue weighted by Crippen LogP contribution is 2.58. The molecule has 2 N–H and O–H groups in total. The number of nitrogens with zero attached hydrogens (tertiary/aromatic N) is 2. The molecular weight excluding hydrogens is 474 g/mol. The molecule has 2 aromatic carbocycles. The normalized spacial score (nSPS) is 26.3. The number of carbonyl (C=O) groups is 1. The van der Waals surface area contributed by atoms with Crippen molar-refractivity contribution in [2.24, 2.45) is 11.7 Å². The van der Waals surface area contributed by atoms with Crippen LogP contribution in [0.25, 0.3) is 16.6 Å². The van der Waals surface area contributed by atoms with E-state index in [1.165, 1.54) is 12.1 Å². The number of aryl methyl sites for hydroxylation is 1. The third-order valence-corrected chi connectivity index (χ3v) is 8.37. The zero-order chi connectivity index (χ0) is 25.7. The van der Waals surface area contributed by atoms with E-state index < -0.39 is 29.7 Å². The highest BCUT2D eigenvalue weighted by Gasteiger charge is 2.62. The molecule has 1 fully saturated rings. The maximum Gasteiger partial charge on any atom is 0.417 e. The van der Waals surface area contributed by atoms with Gasteiger partial charge in [-0.2, -0.15) is 18.3 Å². The Kier molecular flexibility index (Phi) is 6.09. The molecule has 0 bridgehead atoms. The van der Waals surface area contributed by atoms with Crippen molar-refractivity contribution in [3.8, 4) is 5.69 Å². The number of nitrogens with two attached hydrogens (primary N) is 1. The van der Waals surface area contributed by atoms with Gasteiger partial charge in [-0.25, -0.2) is 9.07 Å². The van der Waals surface area contributed by atoms with Gasteiger partial charge in [-0.05, 0) is 104 Å². The number of alkyl halides is 3. The van der Waals surface area contributed by atoms with Crippen molar-refractivity contribution >= 4 is 16.8 Å². The average molecular weight is 504 g/mol. The Morgan fingerprint density at radius 2 is 1.97 bits per heavy atom. The fraction of sp³-hybridized carbons (Fsp3) is 0.481. The lowest BCUT2D eigenvalue weighted by Gasteiger charge is -2.51. The fourth-order valence-electron chi connectivity index (χ4n) is 6.51. The van der Waals surface area contributed by atoms with Gasteiger partial charge >= 0.3 is 6.18 Å². The lowest BCUT2D eigenvalue weighted by Crippen LogP contribution is -2.57. The number of ether oxygens (including phenoxy) is 1. The number of carbonyl (C=O) groups excluding carboxylic acids is 1. The molecule has 5 rings (SSSR count). The molecular formula is C27H29F4N3O2. The van der Waals surface area contributed by atoms with Crippen LogP contribution < -0.4 is 5.73 Å². The first-order valence-corrected chi connectivity index (χ1v) is 12.3. The van der Waals surface area contributed by atoms with Crippen molar-refractivity contribution in [1.29, 1.82) is 0 Å². The van der Waals surface area contributed by atoms with Crippen LogP contribution in [-0.2, 0) is 21.4 Å². The molecule has 2 aliphatic rings. The van der Waals surface area contributed by atoms with Gasteiger partial charge in [0, 0.05) is 5.39 Å². The lowest BCUT2D eigenvalue weighted by molar-refractivity contribution is -0.294. The maximum atomic E-state index is 14.3. The molecule has 0 spiro atoms. The molecule has 1 aromatic heterocycles. The Labute approximate surface area is 206 Å². The van der Waals surface area contributed by atoms with Gasteiger partial charge in [0.25, 0.3) is 0 Å². The number of hydrogen-bond donors (Lipinski definition) is 1. The Balaban J connectivity index is 1.57. The summed E-state index contributed by atoms with van der Waals surface area (Å²) in [4.78, 5) is 11.3. The Morgan fingerprint density at radius 1 is 1.22 bits per heavy atom. The van der Waals surface area contributed by atoms with Crippen LogP contribution in [0.2, 0.25) is 0 Å². The molecule has 36 heavy (non-hydrogen) atoms. The molecule has 1 saturated carbocycles. The van der Waals surface area contributed by atoms with Crippen LogP contribution in [0.4, 0.5) is 17.6 Å². The Morgan fingerprint density at radius 3 is 2.64 bits per heavy atom. The van der Waals surface area contributed by atoms with E-state index in [-0.39, 0.29) is 24.6 Å². The number of aromatic nitrogens is 2. The number of fused-ring (bicyclic) bond motifs is 4. The summed E-state index contributed by atoms with van der Waals surface area (Å²) in [6, 6.07) is 10.3. The molecule has 2 aliphatic carbocycles. The minimum absolute atomic E-state index is 0.191. The first kappa shape index (κ1) is 24.7. The van der Waals surface area contributed by atoms with Gasteiger partial charge in [0.2, 0.25) is 5.91 Å². The summed E-state index contributed by atoms with van der Waals surface area (Å²) >= 11 is 0. The van der Waals surface area contributed by atoms with E-state index >= 15 is 0 Å². The summed E-state index contributed by atoms with van der Waals surface area (Å²) in [5, 5.41) is 5.41. The predicted molar refractivity (Wildman–Crippen MR) is 127 cm³/mol. The number of hydrogen-bond acceptors (Lipinski definition) is 3. The SMILES string of the molecule is CC[C@]12CC[C@@](OCC(N)=O)(C(F)(F)F)C[C@@H]1CCCc1cc3c(cnn3-c3ccc(F)cc3)cc12. The second-order valence-electron chi connectivity index (χ2n) is 10.2. The van der Waals surface area contributed by atoms with Crippen molar-refractivity contribution in [3.63, 3.8) is 0 Å². The summed E-state index contributed by atoms with van der Waals surface area (Å²) in [6.45, 7) is 1.30. The van der Waals surface area contributed by atoms with Gasteiger partial charge in [-0.3, -0.25) is 4.79 Å². The second kappa shape index (κ2) is 8.87. The quantitative estimate of drug-likeness (QED) is 0.451. The van der Waals surface area contributed by atoms with Gasteiger partial charge in [0.05, 0.1) is 17.4 Å². The van der Waals surface area contributed by atoms with Gasteiger partial charge < -0.3 is 10.5 Å². The molecule has 9 heteroatoms. The summed E-state index contributed by atoms with van der Waals surface area (Å²) in [5.74, 6) is -1.48. The predicted octanol–water partition coefficient (Wildman–Crippen LogP) is 5.75. The molecule has 0 unspecified atom stereocenters. The Bertz CT molecular complexity index is 1290. The molecule has 1 heterocycles. The van der Waals surface area contributed by atoms with Crippen LogP contribution >= 0.6 is 0 Å². The van der Waals surface area contributed by atoms with Gasteiger partial charge in [0.15, 0.2) is 5.60 Å². The van der Waals surface area contributed by atoms with Crippen molar-refractivity contribution in [1.82, 2.24) is 9.78 Å². The Hall–Kier alpha value is -2.94. The lowest BCUT2D eigenvalue weighted by atomic mass is 9.56. The summed E-state index contributed by atoms with van der Waals surface area (Å²) in [5.41, 5.74) is 6.16. The first-order chi connectivity index (χ1) is 17.1. The van der Waals surface area contributed by atoms with Crippen LogP contribution in [0.1, 0.15) is 56.6 Å². The molecule has 5 nitrogen and oxygen atoms in total. The van der Waals surface area contributed by atoms with Gasteiger partial charge in [0.1, 0.15) is 12.4 Å². The zero-order valence-corrected chi connectivity index (χ0v) is 20.1. The van der Waals surface area contributed by atoms with Crippen LogP contribution in [-0.4, -0.2) is 34.1 Å². The standard InChI is InChI=1S/C27H29F4N3O2/c1-2-25-10-11-26(27(29,30)31,36-16-24(32)35)14-19(25)5-3-4-17-13-23-18(12-22(17)25)15-33-34(23)21-8-6-20(28)7-9-21/h6-9,12-13,15,19H,2-5,10-11,14,16H2,1H3,(H2,32,35)/t19-,25-,26-/m0/s1. The number of amides is 1. The van der Waals surface area contributed by atoms with E-state index in [0.717, 1.165) is 40.6 Å². The third kappa shape index (κ3) is 3.97. The molecule has 3 atom stereocenters. The van der Waals surface area contributed by atoms with Crippen LogP contribution in [0.3, 0.4) is 0 Å². The zero-order valence-electron chi connectivity index (χ0n) is 20.1. The van der Waals surface area contributed by atoms with Crippen molar-refractivity contribution in [3.05, 3.63) is 59.5 Å². The van der Waals surface area contributed by atoms with E-state index in [9.17, 15) is 22.4 Å². The molecule has 0 saturated heterocycles. The molecule has 3 aromatic rings. The van der Waals surface area contributed by atoms with Crippen molar-refractivity contribution in [2.75, 3.05) is 6.61 Å². The van der Waals surface area contributed by atoms with Crippen LogP contribution in [0.5, 0.6) is 0 Å². The summed E-state index contributed by atoms with van der Waals surface area (Å²) in [6.07, 6.45) is -0.119. The van der Waals surface area contributed by atoms with Crippen molar-refractivity contribution in [2.45, 2.75) is 69.1 Å². The topological polar surface area (TPSA) is 70.1 Å². The molecule has 0 radical (unpaired) electrons.